The number of aliphatic hydroxyl groups excluding tert-OH is 2. The van der Waals surface area contributed by atoms with Gasteiger partial charge < -0.3 is 38.7 Å². The second-order valence-corrected chi connectivity index (χ2v) is 7.58. The summed E-state index contributed by atoms with van der Waals surface area (Å²) >= 11 is 0. The molecule has 2 heterocycles. The zero-order chi connectivity index (χ0) is 26.0. The number of aliphatic hydroxyl groups is 2. The summed E-state index contributed by atoms with van der Waals surface area (Å²) in [5.74, 6) is -3.90. The fourth-order valence-electron chi connectivity index (χ4n) is 3.38. The SMILES string of the molecule is O=C(O)c1cc(=O)c2c(OCC(O)C(O)COc3cccc4oc(C(=O)O)cc(=O)c34)cccc2o1. The van der Waals surface area contributed by atoms with Crippen LogP contribution >= 0.6 is 0 Å². The zero-order valence-corrected chi connectivity index (χ0v) is 18.2. The van der Waals surface area contributed by atoms with Crippen molar-refractivity contribution in [3.05, 3.63) is 80.5 Å². The Kier molecular flexibility index (Phi) is 6.72. The third-order valence-corrected chi connectivity index (χ3v) is 5.12. The van der Waals surface area contributed by atoms with Crippen LogP contribution in [0.15, 0.2) is 67.0 Å². The molecule has 12 heteroatoms. The highest BCUT2D eigenvalue weighted by molar-refractivity contribution is 5.90. The molecule has 4 rings (SSSR count). The first-order chi connectivity index (χ1) is 17.2. The molecule has 36 heavy (non-hydrogen) atoms. The van der Waals surface area contributed by atoms with Crippen LogP contribution in [0.2, 0.25) is 0 Å². The Labute approximate surface area is 200 Å². The van der Waals surface area contributed by atoms with Crippen molar-refractivity contribution in [1.29, 1.82) is 0 Å². The summed E-state index contributed by atoms with van der Waals surface area (Å²) in [5.41, 5.74) is -1.39. The summed E-state index contributed by atoms with van der Waals surface area (Å²) < 4.78 is 21.3. The molecular formula is C24H18O12. The van der Waals surface area contributed by atoms with Crippen LogP contribution in [0.5, 0.6) is 11.5 Å². The minimum Gasteiger partial charge on any atom is -0.490 e. The first-order valence-corrected chi connectivity index (χ1v) is 10.4. The maximum Gasteiger partial charge on any atom is 0.371 e. The fraction of sp³-hybridized carbons (Fsp3) is 0.167. The highest BCUT2D eigenvalue weighted by Crippen LogP contribution is 2.25. The summed E-state index contributed by atoms with van der Waals surface area (Å²) in [6, 6.07) is 10.1. The van der Waals surface area contributed by atoms with E-state index < -0.39 is 59.7 Å². The van der Waals surface area contributed by atoms with Gasteiger partial charge in [-0.15, -0.1) is 0 Å². The average molecular weight is 498 g/mol. The third kappa shape index (κ3) is 4.89. The lowest BCUT2D eigenvalue weighted by atomic mass is 10.2. The van der Waals surface area contributed by atoms with Gasteiger partial charge in [0, 0.05) is 12.1 Å². The van der Waals surface area contributed by atoms with Gasteiger partial charge in [-0.25, -0.2) is 9.59 Å². The molecule has 2 aromatic carbocycles. The van der Waals surface area contributed by atoms with Gasteiger partial charge in [-0.3, -0.25) is 9.59 Å². The molecule has 186 valence electrons. The Bertz CT molecular complexity index is 1460. The first-order valence-electron chi connectivity index (χ1n) is 10.4. The summed E-state index contributed by atoms with van der Waals surface area (Å²) in [5, 5.41) is 38.6. The van der Waals surface area contributed by atoms with E-state index in [1.165, 1.54) is 36.4 Å². The van der Waals surface area contributed by atoms with Gasteiger partial charge in [0.05, 0.1) is 0 Å². The molecule has 0 aliphatic heterocycles. The summed E-state index contributed by atoms with van der Waals surface area (Å²) in [6.07, 6.45) is -2.98. The normalized spacial score (nSPS) is 12.8. The molecule has 2 aromatic heterocycles. The van der Waals surface area contributed by atoms with E-state index in [4.69, 9.17) is 28.5 Å². The molecule has 0 aliphatic rings. The molecule has 2 atom stereocenters. The van der Waals surface area contributed by atoms with Crippen LogP contribution in [-0.2, 0) is 0 Å². The van der Waals surface area contributed by atoms with Crippen LogP contribution in [0.3, 0.4) is 0 Å². The Morgan fingerprint density at radius 1 is 0.722 bits per heavy atom. The van der Waals surface area contributed by atoms with Gasteiger partial charge in [0.2, 0.25) is 11.5 Å². The second-order valence-electron chi connectivity index (χ2n) is 7.58. The molecule has 0 saturated heterocycles. The highest BCUT2D eigenvalue weighted by Gasteiger charge is 2.21. The molecule has 0 fully saturated rings. The quantitative estimate of drug-likeness (QED) is 0.260. The van der Waals surface area contributed by atoms with Crippen LogP contribution in [0, 0.1) is 0 Å². The number of ether oxygens (including phenoxy) is 2. The second kappa shape index (κ2) is 9.90. The minimum atomic E-state index is -1.49. The zero-order valence-electron chi connectivity index (χ0n) is 18.2. The number of aromatic carboxylic acids is 2. The van der Waals surface area contributed by atoms with E-state index in [9.17, 15) is 29.4 Å². The van der Waals surface area contributed by atoms with E-state index in [-0.39, 0.29) is 33.4 Å². The Morgan fingerprint density at radius 2 is 1.11 bits per heavy atom. The lowest BCUT2D eigenvalue weighted by Crippen LogP contribution is -2.36. The number of fused-ring (bicyclic) bond motifs is 2. The molecule has 0 bridgehead atoms. The molecule has 12 nitrogen and oxygen atoms in total. The maximum atomic E-state index is 12.4. The smallest absolute Gasteiger partial charge is 0.371 e. The largest absolute Gasteiger partial charge is 0.490 e. The molecule has 0 spiro atoms. The van der Waals surface area contributed by atoms with Gasteiger partial charge in [0.1, 0.15) is 58.9 Å². The van der Waals surface area contributed by atoms with Crippen LogP contribution in [0.1, 0.15) is 21.1 Å². The molecule has 2 unspecified atom stereocenters. The topological polar surface area (TPSA) is 194 Å². The molecule has 4 N–H and O–H groups in total. The molecule has 4 aromatic rings. The monoisotopic (exact) mass is 498 g/mol. The molecule has 0 radical (unpaired) electrons. The summed E-state index contributed by atoms with van der Waals surface area (Å²) in [7, 11) is 0. The van der Waals surface area contributed by atoms with Crippen molar-refractivity contribution >= 4 is 33.9 Å². The Morgan fingerprint density at radius 3 is 1.47 bits per heavy atom. The number of hydrogen-bond acceptors (Lipinski definition) is 10. The van der Waals surface area contributed by atoms with Crippen molar-refractivity contribution in [3.8, 4) is 11.5 Å². The van der Waals surface area contributed by atoms with Crippen LogP contribution < -0.4 is 20.3 Å². The summed E-state index contributed by atoms with van der Waals surface area (Å²) in [4.78, 5) is 46.9. The van der Waals surface area contributed by atoms with Crippen molar-refractivity contribution < 1.29 is 48.3 Å². The number of hydrogen-bond donors (Lipinski definition) is 4. The van der Waals surface area contributed by atoms with E-state index in [1.54, 1.807) is 0 Å². The molecule has 0 saturated carbocycles. The van der Waals surface area contributed by atoms with E-state index in [2.05, 4.69) is 0 Å². The van der Waals surface area contributed by atoms with Gasteiger partial charge >= 0.3 is 11.9 Å². The number of carboxylic acids is 2. The molecule has 0 aliphatic carbocycles. The van der Waals surface area contributed by atoms with Gasteiger partial charge in [-0.1, -0.05) is 12.1 Å². The van der Waals surface area contributed by atoms with Crippen molar-refractivity contribution in [3.63, 3.8) is 0 Å². The summed E-state index contributed by atoms with van der Waals surface area (Å²) in [6.45, 7) is -0.938. The lowest BCUT2D eigenvalue weighted by Gasteiger charge is -2.19. The fourth-order valence-corrected chi connectivity index (χ4v) is 3.38. The van der Waals surface area contributed by atoms with Crippen molar-refractivity contribution in [2.45, 2.75) is 12.2 Å². The predicted molar refractivity (Wildman–Crippen MR) is 122 cm³/mol. The van der Waals surface area contributed by atoms with Crippen molar-refractivity contribution in [1.82, 2.24) is 0 Å². The molecule has 0 amide bonds. The highest BCUT2D eigenvalue weighted by atomic mass is 16.5. The van der Waals surface area contributed by atoms with E-state index >= 15 is 0 Å². The van der Waals surface area contributed by atoms with E-state index in [1.807, 2.05) is 0 Å². The van der Waals surface area contributed by atoms with E-state index in [0.29, 0.717) is 0 Å². The van der Waals surface area contributed by atoms with Gasteiger partial charge in [-0.2, -0.15) is 0 Å². The number of carbonyl (C=O) groups is 2. The third-order valence-electron chi connectivity index (χ3n) is 5.12. The number of benzene rings is 2. The van der Waals surface area contributed by atoms with Crippen LogP contribution in [0.25, 0.3) is 21.9 Å². The lowest BCUT2D eigenvalue weighted by molar-refractivity contribution is -0.0284. The van der Waals surface area contributed by atoms with Gasteiger partial charge in [-0.05, 0) is 24.3 Å². The van der Waals surface area contributed by atoms with Gasteiger partial charge in [0.15, 0.2) is 10.9 Å². The van der Waals surface area contributed by atoms with Crippen molar-refractivity contribution in [2.24, 2.45) is 0 Å². The van der Waals surface area contributed by atoms with E-state index in [0.717, 1.165) is 12.1 Å². The van der Waals surface area contributed by atoms with Crippen molar-refractivity contribution in [2.75, 3.05) is 13.2 Å². The number of rotatable bonds is 9. The van der Waals surface area contributed by atoms with Crippen LogP contribution in [0.4, 0.5) is 0 Å². The Balaban J connectivity index is 1.46. The predicted octanol–water partition coefficient (Wildman–Crippen LogP) is 1.48. The van der Waals surface area contributed by atoms with Gasteiger partial charge in [0.25, 0.3) is 0 Å². The minimum absolute atomic E-state index is 0.00579. The number of carboxylic acid groups (broad SMARTS) is 2. The first kappa shape index (κ1) is 24.4. The maximum absolute atomic E-state index is 12.4. The Hall–Kier alpha value is -4.68. The average Bonchev–Trinajstić information content (AvgIpc) is 2.85. The van der Waals surface area contributed by atoms with Crippen LogP contribution in [-0.4, -0.2) is 57.8 Å². The standard InChI is InChI=1S/C24H18O12/c25-11-7-19(23(29)30)35-17-5-1-3-15(21(11)17)33-9-13(27)14(28)10-34-16-4-2-6-18-22(16)12(26)8-20(36-18)24(31)32/h1-8,13-14,27-28H,9-10H2,(H,29,30)(H,31,32). The molecular weight excluding hydrogens is 480 g/mol.